The lowest BCUT2D eigenvalue weighted by Crippen LogP contribution is -2.42. The number of halogens is 2. The van der Waals surface area contributed by atoms with Crippen molar-refractivity contribution >= 4 is 16.0 Å². The molecular formula is C18H30F2N4O3S. The molecule has 3 rings (SSSR count). The first-order valence-electron chi connectivity index (χ1n) is 9.92. The minimum Gasteiger partial charge on any atom is -0.335 e. The molecule has 0 amide bonds. The zero-order valence-electron chi connectivity index (χ0n) is 16.7. The molecule has 1 heterocycles. The van der Waals surface area contributed by atoms with Crippen molar-refractivity contribution in [1.29, 1.82) is 0 Å². The minimum atomic E-state index is -3.33. The highest BCUT2D eigenvalue weighted by atomic mass is 32.2. The number of alkyl halides is 2. The summed E-state index contributed by atoms with van der Waals surface area (Å²) in [5.41, 5.74) is 0. The predicted octanol–water partition coefficient (Wildman–Crippen LogP) is 3.66. The molecule has 0 radical (unpaired) electrons. The van der Waals surface area contributed by atoms with Gasteiger partial charge in [-0.05, 0) is 58.8 Å². The number of rotatable bonds is 6. The van der Waals surface area contributed by atoms with Crippen LogP contribution in [0.25, 0.3) is 0 Å². The fraction of sp³-hybridized carbons (Fsp3) is 0.889. The molecule has 160 valence electrons. The summed E-state index contributed by atoms with van der Waals surface area (Å²) in [5, 5.41) is 7.06. The minimum absolute atomic E-state index is 0.127. The largest absolute Gasteiger partial charge is 0.335 e. The summed E-state index contributed by atoms with van der Waals surface area (Å²) in [6.45, 7) is 5.50. The van der Waals surface area contributed by atoms with Gasteiger partial charge in [0.2, 0.25) is 15.9 Å². The van der Waals surface area contributed by atoms with Crippen LogP contribution in [-0.4, -0.2) is 41.8 Å². The van der Waals surface area contributed by atoms with Crippen molar-refractivity contribution in [1.82, 2.24) is 14.9 Å². The van der Waals surface area contributed by atoms with Gasteiger partial charge in [-0.25, -0.2) is 21.9 Å². The lowest BCUT2D eigenvalue weighted by Gasteiger charge is -2.29. The highest BCUT2D eigenvalue weighted by Crippen LogP contribution is 2.43. The van der Waals surface area contributed by atoms with Gasteiger partial charge >= 0.3 is 6.01 Å². The van der Waals surface area contributed by atoms with E-state index in [0.717, 1.165) is 25.7 Å². The topological polar surface area (TPSA) is 97.1 Å². The number of sulfonamides is 1. The van der Waals surface area contributed by atoms with Gasteiger partial charge in [0.15, 0.2) is 5.82 Å². The van der Waals surface area contributed by atoms with Crippen LogP contribution in [0.1, 0.15) is 77.5 Å². The molecule has 0 aromatic carbocycles. The maximum absolute atomic E-state index is 13.4. The average Bonchev–Trinajstić information content (AvgIpc) is 3.19. The first-order valence-corrected chi connectivity index (χ1v) is 11.4. The van der Waals surface area contributed by atoms with Crippen molar-refractivity contribution in [3.63, 3.8) is 0 Å². The van der Waals surface area contributed by atoms with Crippen molar-refractivity contribution in [3.8, 4) is 0 Å². The Labute approximate surface area is 165 Å². The normalized spacial score (nSPS) is 28.4. The summed E-state index contributed by atoms with van der Waals surface area (Å²) in [5.74, 6) is -2.33. The second-order valence-electron chi connectivity index (χ2n) is 9.08. The molecule has 28 heavy (non-hydrogen) atoms. The van der Waals surface area contributed by atoms with E-state index in [1.54, 1.807) is 20.8 Å². The quantitative estimate of drug-likeness (QED) is 0.729. The SMILES string of the molecule is CC(C)(C)S(=O)(=O)NC[C@H]1CC[C@H](Nc2nc(C3CCC(F)(F)C3)no2)CC1. The van der Waals surface area contributed by atoms with Gasteiger partial charge in [-0.3, -0.25) is 0 Å². The first-order chi connectivity index (χ1) is 13.0. The predicted molar refractivity (Wildman–Crippen MR) is 102 cm³/mol. The van der Waals surface area contributed by atoms with E-state index in [1.165, 1.54) is 0 Å². The highest BCUT2D eigenvalue weighted by molar-refractivity contribution is 7.90. The van der Waals surface area contributed by atoms with Crippen molar-refractivity contribution < 1.29 is 21.7 Å². The molecule has 1 aromatic heterocycles. The van der Waals surface area contributed by atoms with Gasteiger partial charge in [0, 0.05) is 31.3 Å². The van der Waals surface area contributed by atoms with E-state index >= 15 is 0 Å². The summed E-state index contributed by atoms with van der Waals surface area (Å²) in [6, 6.07) is 0.441. The summed E-state index contributed by atoms with van der Waals surface area (Å²) in [4.78, 5) is 4.25. The summed E-state index contributed by atoms with van der Waals surface area (Å²) >= 11 is 0. The van der Waals surface area contributed by atoms with Crippen LogP contribution in [-0.2, 0) is 10.0 Å². The van der Waals surface area contributed by atoms with E-state index in [-0.39, 0.29) is 30.8 Å². The highest BCUT2D eigenvalue weighted by Gasteiger charge is 2.42. The Bertz CT molecular complexity index is 768. The molecule has 2 aliphatic carbocycles. The summed E-state index contributed by atoms with van der Waals surface area (Å²) in [7, 11) is -3.33. The van der Waals surface area contributed by atoms with Crippen molar-refractivity contribution in [2.75, 3.05) is 11.9 Å². The fourth-order valence-electron chi connectivity index (χ4n) is 3.76. The van der Waals surface area contributed by atoms with Crippen LogP contribution in [0.4, 0.5) is 14.8 Å². The van der Waals surface area contributed by atoms with Gasteiger partial charge in [-0.15, -0.1) is 0 Å². The molecule has 1 unspecified atom stereocenters. The Kier molecular flexibility index (Phi) is 6.01. The lowest BCUT2D eigenvalue weighted by molar-refractivity contribution is 0.00749. The fourth-order valence-corrected chi connectivity index (χ4v) is 4.65. The molecule has 10 heteroatoms. The Morgan fingerprint density at radius 1 is 1.18 bits per heavy atom. The van der Waals surface area contributed by atoms with Crippen LogP contribution in [0.15, 0.2) is 4.52 Å². The second kappa shape index (κ2) is 7.85. The molecule has 2 aliphatic rings. The molecule has 2 N–H and O–H groups in total. The maximum atomic E-state index is 13.4. The monoisotopic (exact) mass is 420 g/mol. The number of hydrogen-bond donors (Lipinski definition) is 2. The van der Waals surface area contributed by atoms with E-state index in [9.17, 15) is 17.2 Å². The van der Waals surface area contributed by atoms with Gasteiger partial charge in [0.25, 0.3) is 0 Å². The van der Waals surface area contributed by atoms with Gasteiger partial charge in [0.1, 0.15) is 0 Å². The second-order valence-corrected chi connectivity index (χ2v) is 11.6. The van der Waals surface area contributed by atoms with Crippen LogP contribution >= 0.6 is 0 Å². The van der Waals surface area contributed by atoms with E-state index in [4.69, 9.17) is 4.52 Å². The summed E-state index contributed by atoms with van der Waals surface area (Å²) in [6.07, 6.45) is 3.53. The van der Waals surface area contributed by atoms with Crippen LogP contribution in [0.2, 0.25) is 0 Å². The number of anilines is 1. The van der Waals surface area contributed by atoms with Gasteiger partial charge < -0.3 is 9.84 Å². The molecule has 1 aromatic rings. The number of hydrogen-bond acceptors (Lipinski definition) is 6. The molecule has 0 spiro atoms. The van der Waals surface area contributed by atoms with Crippen LogP contribution in [0, 0.1) is 5.92 Å². The number of nitrogens with zero attached hydrogens (tertiary/aromatic N) is 2. The van der Waals surface area contributed by atoms with Crippen molar-refractivity contribution in [2.24, 2.45) is 5.92 Å². The molecule has 0 aliphatic heterocycles. The zero-order valence-corrected chi connectivity index (χ0v) is 17.5. The molecule has 0 saturated heterocycles. The van der Waals surface area contributed by atoms with Crippen LogP contribution in [0.5, 0.6) is 0 Å². The number of aromatic nitrogens is 2. The molecule has 2 fully saturated rings. The Balaban J connectivity index is 1.44. The van der Waals surface area contributed by atoms with Crippen molar-refractivity contribution in [2.45, 2.75) is 88.3 Å². The van der Waals surface area contributed by atoms with Crippen molar-refractivity contribution in [3.05, 3.63) is 5.82 Å². The smallest absolute Gasteiger partial charge is 0.321 e. The molecule has 0 bridgehead atoms. The van der Waals surface area contributed by atoms with E-state index in [0.29, 0.717) is 24.7 Å². The Morgan fingerprint density at radius 2 is 1.86 bits per heavy atom. The average molecular weight is 421 g/mol. The summed E-state index contributed by atoms with van der Waals surface area (Å²) < 4.78 is 58.1. The van der Waals surface area contributed by atoms with E-state index < -0.39 is 20.7 Å². The van der Waals surface area contributed by atoms with E-state index in [2.05, 4.69) is 20.2 Å². The molecule has 2 saturated carbocycles. The maximum Gasteiger partial charge on any atom is 0.321 e. The Hall–Kier alpha value is -1.29. The lowest BCUT2D eigenvalue weighted by atomic mass is 9.86. The third-order valence-corrected chi connectivity index (χ3v) is 7.91. The van der Waals surface area contributed by atoms with E-state index in [1.807, 2.05) is 0 Å². The molecule has 7 nitrogen and oxygen atoms in total. The standard InChI is InChI=1S/C18H30F2N4O3S/c1-17(2,3)28(25,26)21-11-12-4-6-14(7-5-12)22-16-23-15(24-27-16)13-8-9-18(19,20)10-13/h12-14,21H,4-11H2,1-3H3,(H,22,23,24)/t12-,13?,14-. The zero-order chi connectivity index (χ0) is 20.6. The Morgan fingerprint density at radius 3 is 2.43 bits per heavy atom. The number of nitrogens with one attached hydrogen (secondary N) is 2. The van der Waals surface area contributed by atoms with Crippen LogP contribution < -0.4 is 10.0 Å². The molecular weight excluding hydrogens is 390 g/mol. The molecule has 1 atom stereocenters. The van der Waals surface area contributed by atoms with Crippen LogP contribution in [0.3, 0.4) is 0 Å². The van der Waals surface area contributed by atoms with Gasteiger partial charge in [-0.2, -0.15) is 4.98 Å². The van der Waals surface area contributed by atoms with Gasteiger partial charge in [0.05, 0.1) is 4.75 Å². The third-order valence-electron chi connectivity index (χ3n) is 5.75. The van der Waals surface area contributed by atoms with Gasteiger partial charge in [-0.1, -0.05) is 5.16 Å². The first kappa shape index (κ1) is 21.4. The third kappa shape index (κ3) is 5.20.